The first-order chi connectivity index (χ1) is 18.8. The molecule has 1 atom stereocenters. The van der Waals surface area contributed by atoms with E-state index in [0.29, 0.717) is 27.5 Å². The third-order valence-electron chi connectivity index (χ3n) is 6.08. The monoisotopic (exact) mass is 542 g/mol. The lowest BCUT2D eigenvalue weighted by Gasteiger charge is -2.35. The molecule has 3 aromatic carbocycles. The van der Waals surface area contributed by atoms with E-state index in [0.717, 1.165) is 0 Å². The molecule has 0 spiro atoms. The van der Waals surface area contributed by atoms with Crippen molar-refractivity contribution in [1.82, 2.24) is 0 Å². The van der Waals surface area contributed by atoms with Crippen molar-refractivity contribution in [3.8, 4) is 6.07 Å². The fourth-order valence-corrected chi connectivity index (χ4v) is 4.50. The fourth-order valence-electron chi connectivity index (χ4n) is 4.31. The van der Waals surface area contributed by atoms with Crippen LogP contribution in [0, 0.1) is 11.3 Å². The van der Waals surface area contributed by atoms with Crippen LogP contribution in [0.25, 0.3) is 0 Å². The predicted octanol–water partition coefficient (Wildman–Crippen LogP) is 4.49. The van der Waals surface area contributed by atoms with Gasteiger partial charge in [0.1, 0.15) is 11.5 Å². The number of benzene rings is 3. The molecule has 1 aliphatic rings. The number of esters is 2. The van der Waals surface area contributed by atoms with Crippen LogP contribution in [-0.2, 0) is 19.1 Å². The molecule has 1 amide bonds. The van der Waals surface area contributed by atoms with Gasteiger partial charge in [-0.2, -0.15) is 5.26 Å². The highest BCUT2D eigenvalue weighted by atomic mass is 35.5. The summed E-state index contributed by atoms with van der Waals surface area (Å²) in [7, 11) is 2.36. The number of nitrogens with one attached hydrogen (secondary N) is 1. The number of anilines is 2. The lowest BCUT2D eigenvalue weighted by molar-refractivity contribution is -0.139. The van der Waals surface area contributed by atoms with Gasteiger partial charge in [-0.1, -0.05) is 48.0 Å². The van der Waals surface area contributed by atoms with Gasteiger partial charge in [-0.05, 0) is 48.0 Å². The molecular formula is C29H23ClN4O5. The van der Waals surface area contributed by atoms with Gasteiger partial charge in [0.2, 0.25) is 0 Å². The maximum absolute atomic E-state index is 13.1. The van der Waals surface area contributed by atoms with E-state index in [1.165, 1.54) is 19.1 Å². The lowest BCUT2D eigenvalue weighted by atomic mass is 9.81. The van der Waals surface area contributed by atoms with Crippen LogP contribution in [0.1, 0.15) is 21.8 Å². The molecule has 0 saturated heterocycles. The van der Waals surface area contributed by atoms with Crippen molar-refractivity contribution in [2.75, 3.05) is 24.4 Å². The number of carbonyl (C=O) groups is 3. The Morgan fingerprint density at radius 1 is 0.949 bits per heavy atom. The largest absolute Gasteiger partial charge is 0.466 e. The standard InChI is InChI=1S/C29H23ClN4O5/c1-38-28(36)24-23(17-7-4-3-5-8-17)22(16-31)26(32)34(25(24)29(37)39-2)21-13-11-20(12-14-21)33-27(35)18-9-6-10-19(30)15-18/h3-15,23H,32H2,1-2H3,(H,33,35). The predicted molar refractivity (Wildman–Crippen MR) is 145 cm³/mol. The van der Waals surface area contributed by atoms with Crippen LogP contribution in [0.2, 0.25) is 5.02 Å². The molecule has 4 rings (SSSR count). The number of methoxy groups -OCH3 is 2. The summed E-state index contributed by atoms with van der Waals surface area (Å²) < 4.78 is 10.1. The van der Waals surface area contributed by atoms with Crippen molar-refractivity contribution in [2.45, 2.75) is 5.92 Å². The molecule has 0 aromatic heterocycles. The number of allylic oxidation sites excluding steroid dienone is 1. The van der Waals surface area contributed by atoms with Crippen molar-refractivity contribution in [3.05, 3.63) is 118 Å². The summed E-state index contributed by atoms with van der Waals surface area (Å²) in [5, 5.41) is 13.3. The lowest BCUT2D eigenvalue weighted by Crippen LogP contribution is -2.40. The van der Waals surface area contributed by atoms with Crippen LogP contribution in [-0.4, -0.2) is 32.1 Å². The summed E-state index contributed by atoms with van der Waals surface area (Å²) in [5.74, 6) is -3.07. The van der Waals surface area contributed by atoms with Gasteiger partial charge in [0.15, 0.2) is 0 Å². The topological polar surface area (TPSA) is 135 Å². The summed E-state index contributed by atoms with van der Waals surface area (Å²) >= 11 is 5.98. The fraction of sp³-hybridized carbons (Fsp3) is 0.103. The SMILES string of the molecule is COC(=O)C1=C(C(=O)OC)N(c2ccc(NC(=O)c3cccc(Cl)c3)cc2)C(N)=C(C#N)C1c1ccccc1. The van der Waals surface area contributed by atoms with Gasteiger partial charge in [0.25, 0.3) is 5.91 Å². The third-order valence-corrected chi connectivity index (χ3v) is 6.32. The Labute approximate surface area is 229 Å². The molecule has 0 bridgehead atoms. The first kappa shape index (κ1) is 27.0. The number of carbonyl (C=O) groups excluding carboxylic acids is 3. The molecule has 1 aliphatic heterocycles. The number of nitrogens with zero attached hydrogens (tertiary/aromatic N) is 2. The van der Waals surface area contributed by atoms with Gasteiger partial charge in [0, 0.05) is 22.0 Å². The molecule has 3 aromatic rings. The van der Waals surface area contributed by atoms with Gasteiger partial charge >= 0.3 is 11.9 Å². The van der Waals surface area contributed by atoms with Gasteiger partial charge in [0.05, 0.1) is 37.4 Å². The third kappa shape index (κ3) is 5.32. The smallest absolute Gasteiger partial charge is 0.355 e. The molecule has 196 valence electrons. The Morgan fingerprint density at radius 2 is 1.62 bits per heavy atom. The number of ether oxygens (including phenoxy) is 2. The Balaban J connectivity index is 1.81. The van der Waals surface area contributed by atoms with Crippen molar-refractivity contribution in [3.63, 3.8) is 0 Å². The molecular weight excluding hydrogens is 520 g/mol. The molecule has 9 nitrogen and oxygen atoms in total. The molecule has 10 heteroatoms. The highest BCUT2D eigenvalue weighted by Crippen LogP contribution is 2.43. The molecule has 0 fully saturated rings. The zero-order valence-electron chi connectivity index (χ0n) is 21.0. The van der Waals surface area contributed by atoms with Crippen LogP contribution >= 0.6 is 11.6 Å². The average Bonchev–Trinajstić information content (AvgIpc) is 2.96. The van der Waals surface area contributed by atoms with Crippen molar-refractivity contribution >= 4 is 40.8 Å². The zero-order valence-corrected chi connectivity index (χ0v) is 21.7. The van der Waals surface area contributed by atoms with E-state index in [-0.39, 0.29) is 28.6 Å². The van der Waals surface area contributed by atoms with Gasteiger partial charge in [-0.25, -0.2) is 9.59 Å². The van der Waals surface area contributed by atoms with Crippen molar-refractivity contribution in [2.24, 2.45) is 5.73 Å². The number of amides is 1. The van der Waals surface area contributed by atoms with Crippen molar-refractivity contribution < 1.29 is 23.9 Å². The highest BCUT2D eigenvalue weighted by Gasteiger charge is 2.42. The maximum Gasteiger partial charge on any atom is 0.355 e. The Kier molecular flexibility index (Phi) is 7.98. The molecule has 39 heavy (non-hydrogen) atoms. The van der Waals surface area contributed by atoms with E-state index in [4.69, 9.17) is 26.8 Å². The molecule has 1 unspecified atom stereocenters. The Morgan fingerprint density at radius 3 is 2.21 bits per heavy atom. The number of nitriles is 1. The summed E-state index contributed by atoms with van der Waals surface area (Å²) in [6.07, 6.45) is 0. The van der Waals surface area contributed by atoms with E-state index in [1.807, 2.05) is 0 Å². The first-order valence-electron chi connectivity index (χ1n) is 11.6. The normalized spacial score (nSPS) is 14.9. The zero-order chi connectivity index (χ0) is 28.1. The molecule has 1 heterocycles. The summed E-state index contributed by atoms with van der Waals surface area (Å²) in [5.41, 5.74) is 7.99. The van der Waals surface area contributed by atoms with Crippen molar-refractivity contribution in [1.29, 1.82) is 5.26 Å². The second-order valence-electron chi connectivity index (χ2n) is 8.35. The van der Waals surface area contributed by atoms with E-state index in [9.17, 15) is 19.6 Å². The van der Waals surface area contributed by atoms with Crippen LogP contribution < -0.4 is 16.0 Å². The van der Waals surface area contributed by atoms with Crippen LogP contribution in [0.5, 0.6) is 0 Å². The van der Waals surface area contributed by atoms with E-state index in [2.05, 4.69) is 11.4 Å². The Hall–Kier alpha value is -5.07. The quantitative estimate of drug-likeness (QED) is 0.435. The molecule has 0 aliphatic carbocycles. The molecule has 3 N–H and O–H groups in total. The number of hydrogen-bond acceptors (Lipinski definition) is 8. The highest BCUT2D eigenvalue weighted by molar-refractivity contribution is 6.31. The maximum atomic E-state index is 13.1. The number of hydrogen-bond donors (Lipinski definition) is 2. The first-order valence-corrected chi connectivity index (χ1v) is 12.0. The van der Waals surface area contributed by atoms with Crippen LogP contribution in [0.15, 0.2) is 102 Å². The van der Waals surface area contributed by atoms with Gasteiger partial charge < -0.3 is 20.5 Å². The summed E-state index contributed by atoms with van der Waals surface area (Å²) in [6.45, 7) is 0. The van der Waals surface area contributed by atoms with Crippen LogP contribution in [0.4, 0.5) is 11.4 Å². The minimum absolute atomic E-state index is 0.0487. The van der Waals surface area contributed by atoms with E-state index < -0.39 is 17.9 Å². The van der Waals surface area contributed by atoms with E-state index >= 15 is 0 Å². The Bertz CT molecular complexity index is 1540. The number of rotatable bonds is 6. The van der Waals surface area contributed by atoms with Crippen LogP contribution in [0.3, 0.4) is 0 Å². The number of nitrogens with two attached hydrogens (primary N) is 1. The van der Waals surface area contributed by atoms with Gasteiger partial charge in [-0.3, -0.25) is 9.69 Å². The minimum atomic E-state index is -0.967. The average molecular weight is 543 g/mol. The summed E-state index contributed by atoms with van der Waals surface area (Å²) in [4.78, 5) is 40.2. The molecule has 0 saturated carbocycles. The second kappa shape index (κ2) is 11.5. The van der Waals surface area contributed by atoms with E-state index in [1.54, 1.807) is 78.9 Å². The minimum Gasteiger partial charge on any atom is -0.466 e. The second-order valence-corrected chi connectivity index (χ2v) is 8.78. The van der Waals surface area contributed by atoms with Gasteiger partial charge in [-0.15, -0.1) is 0 Å². The molecule has 0 radical (unpaired) electrons. The summed E-state index contributed by atoms with van der Waals surface area (Å²) in [6, 6.07) is 23.7. The number of halogens is 1.